The zero-order valence-electron chi connectivity index (χ0n) is 19.1. The van der Waals surface area contributed by atoms with Crippen LogP contribution in [0.25, 0.3) is 11.1 Å². The molecular weight excluding hydrogens is 514 g/mol. The number of aryl methyl sites for hydroxylation is 2. The number of oxazole rings is 1. The summed E-state index contributed by atoms with van der Waals surface area (Å²) in [4.78, 5) is 17.1. The summed E-state index contributed by atoms with van der Waals surface area (Å²) in [5, 5.41) is 5.95. The van der Waals surface area contributed by atoms with E-state index in [9.17, 15) is 4.79 Å². The molecule has 3 aromatic carbocycles. The number of anilines is 1. The number of halogens is 1. The number of nitrogens with zero attached hydrogens (tertiary/aromatic N) is 1. The summed E-state index contributed by atoms with van der Waals surface area (Å²) < 4.78 is 12.1. The molecule has 0 saturated heterocycles. The average molecular weight is 538 g/mol. The Bertz CT molecular complexity index is 1330. The van der Waals surface area contributed by atoms with Crippen molar-refractivity contribution in [1.29, 1.82) is 0 Å². The van der Waals surface area contributed by atoms with E-state index in [2.05, 4.69) is 45.4 Å². The molecule has 0 saturated carbocycles. The van der Waals surface area contributed by atoms with Crippen molar-refractivity contribution < 1.29 is 13.9 Å². The van der Waals surface area contributed by atoms with Crippen molar-refractivity contribution in [3.8, 4) is 5.75 Å². The fourth-order valence-corrected chi connectivity index (χ4v) is 4.14. The van der Waals surface area contributed by atoms with Crippen molar-refractivity contribution in [1.82, 2.24) is 10.3 Å². The second-order valence-corrected chi connectivity index (χ2v) is 9.13. The Hall–Kier alpha value is -3.23. The highest BCUT2D eigenvalue weighted by Crippen LogP contribution is 2.26. The van der Waals surface area contributed by atoms with Gasteiger partial charge in [-0.2, -0.15) is 0 Å². The molecule has 0 aliphatic rings. The quantitative estimate of drug-likeness (QED) is 0.280. The molecule has 1 amide bonds. The van der Waals surface area contributed by atoms with Crippen LogP contribution in [-0.4, -0.2) is 22.6 Å². The zero-order chi connectivity index (χ0) is 24.2. The molecule has 0 aliphatic heterocycles. The first-order valence-electron chi connectivity index (χ1n) is 10.8. The third-order valence-electron chi connectivity index (χ3n) is 5.34. The van der Waals surface area contributed by atoms with Crippen LogP contribution in [0.1, 0.15) is 39.9 Å². The minimum atomic E-state index is -0.306. The SMILES string of the molecule is CCOc1ccc(C(=O)NC(=S)Nc2ccc(Cc3nc4cc(C)c(C)cc4o3)cc2)cc1Br. The predicted octanol–water partition coefficient (Wildman–Crippen LogP) is 6.32. The maximum absolute atomic E-state index is 12.5. The second kappa shape index (κ2) is 10.4. The molecule has 34 heavy (non-hydrogen) atoms. The number of hydrogen-bond acceptors (Lipinski definition) is 5. The van der Waals surface area contributed by atoms with E-state index in [0.29, 0.717) is 34.7 Å². The standard InChI is InChI=1S/C26H24BrN3O3S/c1-4-32-22-10-7-18(14-20(22)27)25(31)30-26(34)28-19-8-5-17(6-9-19)13-24-29-21-11-15(2)16(3)12-23(21)33-24/h5-12,14H,4,13H2,1-3H3,(H2,28,30,31,34). The molecular formula is C26H24BrN3O3S. The highest BCUT2D eigenvalue weighted by molar-refractivity contribution is 9.10. The van der Waals surface area contributed by atoms with Gasteiger partial charge >= 0.3 is 0 Å². The molecule has 1 heterocycles. The molecule has 8 heteroatoms. The van der Waals surface area contributed by atoms with Gasteiger partial charge in [-0.05, 0) is 108 Å². The summed E-state index contributed by atoms with van der Waals surface area (Å²) in [5.74, 6) is 1.05. The van der Waals surface area contributed by atoms with E-state index in [1.165, 1.54) is 11.1 Å². The summed E-state index contributed by atoms with van der Waals surface area (Å²) in [7, 11) is 0. The van der Waals surface area contributed by atoms with Crippen LogP contribution in [0, 0.1) is 13.8 Å². The maximum Gasteiger partial charge on any atom is 0.257 e. The number of benzene rings is 3. The van der Waals surface area contributed by atoms with Crippen LogP contribution in [0.3, 0.4) is 0 Å². The first kappa shape index (κ1) is 23.9. The number of rotatable bonds is 6. The number of carbonyl (C=O) groups is 1. The van der Waals surface area contributed by atoms with E-state index >= 15 is 0 Å². The number of fused-ring (bicyclic) bond motifs is 1. The lowest BCUT2D eigenvalue weighted by Gasteiger charge is -2.11. The van der Waals surface area contributed by atoms with Crippen LogP contribution in [0.4, 0.5) is 5.69 Å². The average Bonchev–Trinajstić information content (AvgIpc) is 3.17. The molecule has 4 aromatic rings. The van der Waals surface area contributed by atoms with Gasteiger partial charge < -0.3 is 14.5 Å². The third kappa shape index (κ3) is 5.63. The highest BCUT2D eigenvalue weighted by atomic mass is 79.9. The van der Waals surface area contributed by atoms with Gasteiger partial charge in [-0.25, -0.2) is 4.98 Å². The van der Waals surface area contributed by atoms with E-state index in [4.69, 9.17) is 21.4 Å². The normalized spacial score (nSPS) is 10.8. The maximum atomic E-state index is 12.5. The highest BCUT2D eigenvalue weighted by Gasteiger charge is 2.12. The molecule has 0 aliphatic carbocycles. The molecule has 0 spiro atoms. The molecule has 6 nitrogen and oxygen atoms in total. The summed E-state index contributed by atoms with van der Waals surface area (Å²) in [6.45, 7) is 6.58. The number of thiocarbonyl (C=S) groups is 1. The summed E-state index contributed by atoms with van der Waals surface area (Å²) in [6, 6.07) is 17.0. The molecule has 4 rings (SSSR count). The van der Waals surface area contributed by atoms with E-state index < -0.39 is 0 Å². The lowest BCUT2D eigenvalue weighted by molar-refractivity contribution is 0.0977. The number of aromatic nitrogens is 1. The van der Waals surface area contributed by atoms with Gasteiger partial charge in [-0.1, -0.05) is 12.1 Å². The van der Waals surface area contributed by atoms with Gasteiger partial charge in [-0.3, -0.25) is 10.1 Å². The summed E-state index contributed by atoms with van der Waals surface area (Å²) in [6.07, 6.45) is 0.584. The number of hydrogen-bond donors (Lipinski definition) is 2. The number of nitrogens with one attached hydrogen (secondary N) is 2. The second-order valence-electron chi connectivity index (χ2n) is 7.87. The molecule has 0 fully saturated rings. The Morgan fingerprint density at radius 3 is 2.53 bits per heavy atom. The minimum Gasteiger partial charge on any atom is -0.493 e. The molecule has 0 radical (unpaired) electrons. The minimum absolute atomic E-state index is 0.215. The van der Waals surface area contributed by atoms with Gasteiger partial charge in [-0.15, -0.1) is 0 Å². The first-order valence-corrected chi connectivity index (χ1v) is 12.0. The van der Waals surface area contributed by atoms with Gasteiger partial charge in [0.1, 0.15) is 11.3 Å². The van der Waals surface area contributed by atoms with Crippen molar-refractivity contribution in [2.45, 2.75) is 27.2 Å². The lowest BCUT2D eigenvalue weighted by Crippen LogP contribution is -2.34. The van der Waals surface area contributed by atoms with Crippen LogP contribution in [0.5, 0.6) is 5.75 Å². The third-order valence-corrected chi connectivity index (χ3v) is 6.16. The predicted molar refractivity (Wildman–Crippen MR) is 142 cm³/mol. The van der Waals surface area contributed by atoms with Crippen molar-refractivity contribution in [3.05, 3.63) is 87.2 Å². The fraction of sp³-hybridized carbons (Fsp3) is 0.192. The first-order chi connectivity index (χ1) is 16.3. The molecule has 174 valence electrons. The Morgan fingerprint density at radius 2 is 1.82 bits per heavy atom. The van der Waals surface area contributed by atoms with Crippen molar-refractivity contribution in [2.75, 3.05) is 11.9 Å². The number of carbonyl (C=O) groups excluding carboxylic acids is 1. The van der Waals surface area contributed by atoms with E-state index in [-0.39, 0.29) is 11.0 Å². The largest absolute Gasteiger partial charge is 0.493 e. The van der Waals surface area contributed by atoms with Gasteiger partial charge in [0, 0.05) is 17.7 Å². The van der Waals surface area contributed by atoms with Crippen LogP contribution in [0.15, 0.2) is 63.5 Å². The Labute approximate surface area is 211 Å². The van der Waals surface area contributed by atoms with Crippen molar-refractivity contribution >= 4 is 56.0 Å². The van der Waals surface area contributed by atoms with Crippen LogP contribution in [-0.2, 0) is 6.42 Å². The fourth-order valence-electron chi connectivity index (χ4n) is 3.44. The molecule has 0 bridgehead atoms. The van der Waals surface area contributed by atoms with E-state index in [1.54, 1.807) is 18.2 Å². The van der Waals surface area contributed by atoms with Gasteiger partial charge in [0.15, 0.2) is 16.6 Å². The zero-order valence-corrected chi connectivity index (χ0v) is 21.5. The van der Waals surface area contributed by atoms with Gasteiger partial charge in [0.05, 0.1) is 11.1 Å². The van der Waals surface area contributed by atoms with Gasteiger partial charge in [0.25, 0.3) is 5.91 Å². The Balaban J connectivity index is 1.35. The van der Waals surface area contributed by atoms with Gasteiger partial charge in [0.2, 0.25) is 0 Å². The number of amides is 1. The van der Waals surface area contributed by atoms with E-state index in [0.717, 1.165) is 22.4 Å². The Kier molecular flexibility index (Phi) is 7.29. The topological polar surface area (TPSA) is 76.4 Å². The Morgan fingerprint density at radius 1 is 1.09 bits per heavy atom. The monoisotopic (exact) mass is 537 g/mol. The number of ether oxygens (including phenoxy) is 1. The molecule has 0 atom stereocenters. The smallest absolute Gasteiger partial charge is 0.257 e. The van der Waals surface area contributed by atoms with Crippen LogP contribution < -0.4 is 15.4 Å². The summed E-state index contributed by atoms with van der Waals surface area (Å²) in [5.41, 5.74) is 6.35. The van der Waals surface area contributed by atoms with Crippen molar-refractivity contribution in [2.24, 2.45) is 0 Å². The molecule has 1 aromatic heterocycles. The summed E-state index contributed by atoms with van der Waals surface area (Å²) >= 11 is 8.72. The van der Waals surface area contributed by atoms with Crippen LogP contribution >= 0.6 is 28.1 Å². The van der Waals surface area contributed by atoms with Crippen LogP contribution in [0.2, 0.25) is 0 Å². The van der Waals surface area contributed by atoms with E-state index in [1.807, 2.05) is 43.3 Å². The molecule has 0 unspecified atom stereocenters. The van der Waals surface area contributed by atoms with Crippen molar-refractivity contribution in [3.63, 3.8) is 0 Å². The molecule has 2 N–H and O–H groups in total. The lowest BCUT2D eigenvalue weighted by atomic mass is 10.1.